The van der Waals surface area contributed by atoms with Gasteiger partial charge in [-0.05, 0) is 18.8 Å². The third kappa shape index (κ3) is 1.06. The minimum Gasteiger partial charge on any atom is -0.316 e. The first-order valence-electron chi connectivity index (χ1n) is 4.27. The van der Waals surface area contributed by atoms with Crippen LogP contribution in [0.15, 0.2) is 12.3 Å². The highest BCUT2D eigenvalue weighted by Gasteiger charge is 2.31. The Bertz CT molecular complexity index is 210. The molecular formula is C9H13NO. The van der Waals surface area contributed by atoms with Crippen molar-refractivity contribution in [3.05, 3.63) is 12.3 Å². The third-order valence-electron chi connectivity index (χ3n) is 2.59. The number of nitrogens with zero attached hydrogens (tertiary/aromatic N) is 1. The van der Waals surface area contributed by atoms with Crippen molar-refractivity contribution in [1.29, 1.82) is 0 Å². The lowest BCUT2D eigenvalue weighted by atomic mass is 9.97. The van der Waals surface area contributed by atoms with Gasteiger partial charge in [-0.15, -0.1) is 0 Å². The van der Waals surface area contributed by atoms with Crippen molar-refractivity contribution in [3.63, 3.8) is 0 Å². The van der Waals surface area contributed by atoms with E-state index in [1.807, 2.05) is 11.1 Å². The topological polar surface area (TPSA) is 20.3 Å². The molecule has 0 unspecified atom stereocenters. The number of carbonyl (C=O) groups excluding carboxylic acids is 1. The Morgan fingerprint density at radius 3 is 3.27 bits per heavy atom. The van der Waals surface area contributed by atoms with Gasteiger partial charge in [0.2, 0.25) is 5.91 Å². The summed E-state index contributed by atoms with van der Waals surface area (Å²) in [7, 11) is 0. The van der Waals surface area contributed by atoms with E-state index in [1.165, 1.54) is 0 Å². The van der Waals surface area contributed by atoms with Gasteiger partial charge in [0.05, 0.1) is 0 Å². The predicted molar refractivity (Wildman–Crippen MR) is 42.8 cm³/mol. The van der Waals surface area contributed by atoms with Crippen LogP contribution in [-0.4, -0.2) is 16.8 Å². The maximum absolute atomic E-state index is 11.2. The molecule has 0 N–H and O–H groups in total. The highest BCUT2D eigenvalue weighted by atomic mass is 16.2. The molecule has 11 heavy (non-hydrogen) atoms. The molecule has 2 heteroatoms. The molecule has 1 fully saturated rings. The van der Waals surface area contributed by atoms with Gasteiger partial charge in [-0.2, -0.15) is 0 Å². The van der Waals surface area contributed by atoms with Crippen molar-refractivity contribution in [2.45, 2.75) is 32.2 Å². The summed E-state index contributed by atoms with van der Waals surface area (Å²) in [6, 6.07) is 0.516. The quantitative estimate of drug-likeness (QED) is 0.514. The van der Waals surface area contributed by atoms with Gasteiger partial charge in [-0.1, -0.05) is 13.0 Å². The van der Waals surface area contributed by atoms with Crippen molar-refractivity contribution in [1.82, 2.24) is 4.90 Å². The molecule has 0 saturated carbocycles. The molecule has 0 spiro atoms. The maximum atomic E-state index is 11.2. The minimum absolute atomic E-state index is 0.304. The van der Waals surface area contributed by atoms with Crippen molar-refractivity contribution < 1.29 is 4.79 Å². The lowest BCUT2D eigenvalue weighted by Crippen LogP contribution is -2.31. The summed E-state index contributed by atoms with van der Waals surface area (Å²) < 4.78 is 0. The van der Waals surface area contributed by atoms with Crippen LogP contribution in [0.4, 0.5) is 0 Å². The van der Waals surface area contributed by atoms with E-state index in [2.05, 4.69) is 13.0 Å². The van der Waals surface area contributed by atoms with Gasteiger partial charge < -0.3 is 4.90 Å². The van der Waals surface area contributed by atoms with E-state index in [4.69, 9.17) is 0 Å². The Hall–Kier alpha value is -0.790. The van der Waals surface area contributed by atoms with E-state index in [9.17, 15) is 4.79 Å². The van der Waals surface area contributed by atoms with E-state index in [-0.39, 0.29) is 0 Å². The molecule has 0 radical (unpaired) electrons. The van der Waals surface area contributed by atoms with Crippen molar-refractivity contribution in [2.75, 3.05) is 0 Å². The van der Waals surface area contributed by atoms with Crippen LogP contribution in [0.1, 0.15) is 26.2 Å². The largest absolute Gasteiger partial charge is 0.316 e. The van der Waals surface area contributed by atoms with Gasteiger partial charge in [-0.25, -0.2) is 0 Å². The SMILES string of the molecule is C[C@@H]1C=CN2C(=O)CC[C@H]2C1. The van der Waals surface area contributed by atoms with Gasteiger partial charge >= 0.3 is 0 Å². The zero-order valence-corrected chi connectivity index (χ0v) is 6.79. The standard InChI is InChI=1S/C9H13NO/c1-7-4-5-10-8(6-7)2-3-9(10)11/h4-5,7-8H,2-3,6H2,1H3/t7-,8+/m1/s1. The Morgan fingerprint density at radius 2 is 2.45 bits per heavy atom. The first-order valence-corrected chi connectivity index (χ1v) is 4.27. The minimum atomic E-state index is 0.304. The van der Waals surface area contributed by atoms with Gasteiger partial charge in [0, 0.05) is 18.7 Å². The van der Waals surface area contributed by atoms with E-state index in [1.54, 1.807) is 0 Å². The summed E-state index contributed by atoms with van der Waals surface area (Å²) in [6.45, 7) is 2.20. The monoisotopic (exact) mass is 151 g/mol. The first kappa shape index (κ1) is 6.89. The molecule has 0 aromatic rings. The molecule has 0 aromatic carbocycles. The lowest BCUT2D eigenvalue weighted by molar-refractivity contribution is -0.126. The summed E-state index contributed by atoms with van der Waals surface area (Å²) in [6.07, 6.45) is 7.06. The van der Waals surface area contributed by atoms with Crippen LogP contribution >= 0.6 is 0 Å². The van der Waals surface area contributed by atoms with Crippen LogP contribution in [0.5, 0.6) is 0 Å². The van der Waals surface area contributed by atoms with Gasteiger partial charge in [0.1, 0.15) is 0 Å². The molecular weight excluding hydrogens is 138 g/mol. The van der Waals surface area contributed by atoms with Crippen LogP contribution in [0, 0.1) is 5.92 Å². The first-order chi connectivity index (χ1) is 5.27. The fraction of sp³-hybridized carbons (Fsp3) is 0.667. The molecule has 0 aliphatic carbocycles. The number of allylic oxidation sites excluding steroid dienone is 1. The van der Waals surface area contributed by atoms with Crippen LogP contribution in [0.3, 0.4) is 0 Å². The van der Waals surface area contributed by atoms with E-state index >= 15 is 0 Å². The number of rotatable bonds is 0. The zero-order valence-electron chi connectivity index (χ0n) is 6.79. The summed E-state index contributed by atoms with van der Waals surface area (Å²) in [5, 5.41) is 0. The number of fused-ring (bicyclic) bond motifs is 1. The molecule has 1 saturated heterocycles. The van der Waals surface area contributed by atoms with Crippen LogP contribution in [0.25, 0.3) is 0 Å². The van der Waals surface area contributed by atoms with Gasteiger partial charge in [0.15, 0.2) is 0 Å². The molecule has 2 aliphatic heterocycles. The molecule has 60 valence electrons. The Balaban J connectivity index is 2.19. The van der Waals surface area contributed by atoms with E-state index < -0.39 is 0 Å². The molecule has 0 bridgehead atoms. The summed E-state index contributed by atoms with van der Waals surface area (Å²) in [5.41, 5.74) is 0. The molecule has 1 amide bonds. The fourth-order valence-corrected chi connectivity index (χ4v) is 1.95. The van der Waals surface area contributed by atoms with Gasteiger partial charge in [0.25, 0.3) is 0 Å². The lowest BCUT2D eigenvalue weighted by Gasteiger charge is -2.27. The normalized spacial score (nSPS) is 36.1. The molecule has 2 rings (SSSR count). The number of carbonyl (C=O) groups is 1. The third-order valence-corrected chi connectivity index (χ3v) is 2.59. The summed E-state index contributed by atoms with van der Waals surface area (Å²) in [5.74, 6) is 0.959. The molecule has 2 nitrogen and oxygen atoms in total. The van der Waals surface area contributed by atoms with Crippen molar-refractivity contribution in [2.24, 2.45) is 5.92 Å². The summed E-state index contributed by atoms with van der Waals surface area (Å²) >= 11 is 0. The molecule has 2 atom stereocenters. The number of hydrogen-bond donors (Lipinski definition) is 0. The van der Waals surface area contributed by atoms with E-state index in [0.717, 1.165) is 19.3 Å². The van der Waals surface area contributed by atoms with Crippen LogP contribution < -0.4 is 0 Å². The second kappa shape index (κ2) is 2.36. The zero-order chi connectivity index (χ0) is 7.84. The highest BCUT2D eigenvalue weighted by Crippen LogP contribution is 2.28. The van der Waals surface area contributed by atoms with Crippen LogP contribution in [-0.2, 0) is 4.79 Å². The Labute approximate surface area is 66.9 Å². The van der Waals surface area contributed by atoms with Crippen LogP contribution in [0.2, 0.25) is 0 Å². The average Bonchev–Trinajstić information content (AvgIpc) is 2.32. The average molecular weight is 151 g/mol. The second-order valence-electron chi connectivity index (χ2n) is 3.55. The Kier molecular flexibility index (Phi) is 1.48. The maximum Gasteiger partial charge on any atom is 0.226 e. The second-order valence-corrected chi connectivity index (χ2v) is 3.55. The number of amides is 1. The van der Waals surface area contributed by atoms with Gasteiger partial charge in [-0.3, -0.25) is 4.79 Å². The molecule has 2 aliphatic rings. The van der Waals surface area contributed by atoms with Crippen molar-refractivity contribution >= 4 is 5.91 Å². The Morgan fingerprint density at radius 1 is 1.64 bits per heavy atom. The smallest absolute Gasteiger partial charge is 0.226 e. The van der Waals surface area contributed by atoms with E-state index in [0.29, 0.717) is 17.9 Å². The molecule has 2 heterocycles. The fourth-order valence-electron chi connectivity index (χ4n) is 1.95. The summed E-state index contributed by atoms with van der Waals surface area (Å²) in [4.78, 5) is 13.1. The number of hydrogen-bond acceptors (Lipinski definition) is 1. The highest BCUT2D eigenvalue weighted by molar-refractivity contribution is 5.80. The predicted octanol–water partition coefficient (Wildman–Crippen LogP) is 1.53. The molecule has 0 aromatic heterocycles. The van der Waals surface area contributed by atoms with Crippen molar-refractivity contribution in [3.8, 4) is 0 Å².